The molecule has 5 heterocycles. The molecule has 5 fully saturated rings. The van der Waals surface area contributed by atoms with Crippen molar-refractivity contribution in [2.24, 2.45) is 11.8 Å². The smallest absolute Gasteiger partial charge is 0.220 e. The van der Waals surface area contributed by atoms with Gasteiger partial charge in [0.05, 0.1) is 6.17 Å². The Morgan fingerprint density at radius 3 is 2.96 bits per heavy atom. The number of hydrogen-bond acceptors (Lipinski definition) is 4. The van der Waals surface area contributed by atoms with Crippen molar-refractivity contribution >= 4 is 5.91 Å². The van der Waals surface area contributed by atoms with Gasteiger partial charge in [-0.05, 0) is 62.4 Å². The highest BCUT2D eigenvalue weighted by molar-refractivity contribution is 5.74. The fourth-order valence-corrected chi connectivity index (χ4v) is 6.35. The van der Waals surface area contributed by atoms with Gasteiger partial charge in [0, 0.05) is 44.4 Å². The first-order valence-electron chi connectivity index (χ1n) is 10.4. The summed E-state index contributed by atoms with van der Waals surface area (Å²) in [6.07, 6.45) is 12.5. The van der Waals surface area contributed by atoms with Gasteiger partial charge in [0.15, 0.2) is 0 Å². The zero-order chi connectivity index (χ0) is 18.3. The molecule has 26 heavy (non-hydrogen) atoms. The summed E-state index contributed by atoms with van der Waals surface area (Å²) in [6, 6.07) is 1.71. The lowest BCUT2D eigenvalue weighted by Gasteiger charge is -2.70. The quantitative estimate of drug-likeness (QED) is 0.541. The molecule has 5 aliphatic rings. The van der Waals surface area contributed by atoms with E-state index in [1.165, 1.54) is 25.0 Å². The molecular weight excluding hydrogens is 326 g/mol. The van der Waals surface area contributed by atoms with Crippen LogP contribution in [0.1, 0.15) is 51.9 Å². The molecule has 5 nitrogen and oxygen atoms in total. The number of rotatable bonds is 7. The van der Waals surface area contributed by atoms with E-state index < -0.39 is 0 Å². The van der Waals surface area contributed by atoms with Crippen LogP contribution in [0.4, 0.5) is 0 Å². The predicted octanol–water partition coefficient (Wildman–Crippen LogP) is 2.24. The minimum Gasteiger partial charge on any atom is -0.396 e. The third-order valence-corrected chi connectivity index (χ3v) is 7.17. The first-order valence-corrected chi connectivity index (χ1v) is 10.4. The predicted molar refractivity (Wildman–Crippen MR) is 102 cm³/mol. The first-order chi connectivity index (χ1) is 12.7. The third kappa shape index (κ3) is 2.94. The number of aliphatic hydroxyl groups excluding tert-OH is 1. The summed E-state index contributed by atoms with van der Waals surface area (Å²) in [5.41, 5.74) is 1.42. The lowest BCUT2D eigenvalue weighted by atomic mass is 9.62. The first kappa shape index (κ1) is 18.2. The Morgan fingerprint density at radius 2 is 2.23 bits per heavy atom. The van der Waals surface area contributed by atoms with E-state index in [0.29, 0.717) is 36.8 Å². The highest BCUT2D eigenvalue weighted by atomic mass is 16.2. The number of piperidine rings is 3. The molecule has 0 radical (unpaired) electrons. The topological polar surface area (TPSA) is 55.8 Å². The maximum Gasteiger partial charge on any atom is 0.220 e. The molecule has 0 aliphatic carbocycles. The third-order valence-electron chi connectivity index (χ3n) is 7.17. The van der Waals surface area contributed by atoms with E-state index in [2.05, 4.69) is 27.8 Å². The molecule has 8 unspecified atom stereocenters. The van der Waals surface area contributed by atoms with Crippen molar-refractivity contribution in [2.75, 3.05) is 13.2 Å². The molecule has 5 rings (SSSR count). The average molecular weight is 360 g/mol. The molecule has 1 amide bonds. The number of carbonyl (C=O) groups excluding carboxylic acids is 1. The maximum absolute atomic E-state index is 11.5. The van der Waals surface area contributed by atoms with Crippen LogP contribution in [0.3, 0.4) is 0 Å². The lowest BCUT2D eigenvalue weighted by Crippen LogP contribution is -2.79. The SMILES string of the molecule is C=CCC1C2CC3CN1C1CC/C(=C\NC(C)=O)C2N1C3CCCCO. The van der Waals surface area contributed by atoms with Gasteiger partial charge in [-0.3, -0.25) is 14.6 Å². The monoisotopic (exact) mass is 359 g/mol. The number of aliphatic hydroxyl groups is 1. The van der Waals surface area contributed by atoms with E-state index in [0.717, 1.165) is 38.0 Å². The van der Waals surface area contributed by atoms with Crippen molar-refractivity contribution in [2.45, 2.75) is 76.2 Å². The van der Waals surface area contributed by atoms with Crippen LogP contribution in [0.5, 0.6) is 0 Å². The van der Waals surface area contributed by atoms with Crippen molar-refractivity contribution in [3.05, 3.63) is 24.4 Å². The highest BCUT2D eigenvalue weighted by Crippen LogP contribution is 2.54. The molecular formula is C21H33N3O2. The Kier molecular flexibility index (Phi) is 5.22. The molecule has 0 aromatic carbocycles. The van der Waals surface area contributed by atoms with Gasteiger partial charge in [-0.25, -0.2) is 0 Å². The Hall–Kier alpha value is -1.17. The van der Waals surface area contributed by atoms with Crippen LogP contribution in [0.2, 0.25) is 0 Å². The molecule has 5 heteroatoms. The van der Waals surface area contributed by atoms with Crippen molar-refractivity contribution < 1.29 is 9.90 Å². The van der Waals surface area contributed by atoms with Gasteiger partial charge < -0.3 is 10.4 Å². The molecule has 0 spiro atoms. The number of carbonyl (C=O) groups is 1. The van der Waals surface area contributed by atoms with Crippen LogP contribution in [0, 0.1) is 11.8 Å². The van der Waals surface area contributed by atoms with E-state index in [1.807, 2.05) is 6.20 Å². The number of amides is 1. The Labute approximate surface area is 157 Å². The Morgan fingerprint density at radius 1 is 1.38 bits per heavy atom. The second-order valence-electron chi connectivity index (χ2n) is 8.57. The van der Waals surface area contributed by atoms with Crippen molar-refractivity contribution in [3.8, 4) is 0 Å². The maximum atomic E-state index is 11.5. The Bertz CT molecular complexity index is 590. The largest absolute Gasteiger partial charge is 0.396 e. The van der Waals surface area contributed by atoms with Crippen LogP contribution in [0.25, 0.3) is 0 Å². The molecule has 8 atom stereocenters. The van der Waals surface area contributed by atoms with Crippen molar-refractivity contribution in [1.82, 2.24) is 15.1 Å². The van der Waals surface area contributed by atoms with Gasteiger partial charge in [0.25, 0.3) is 0 Å². The molecule has 2 N–H and O–H groups in total. The van der Waals surface area contributed by atoms with Gasteiger partial charge in [-0.15, -0.1) is 6.58 Å². The highest BCUT2D eigenvalue weighted by Gasteiger charge is 2.60. The fraction of sp³-hybridized carbons (Fsp3) is 0.762. The summed E-state index contributed by atoms with van der Waals surface area (Å²) in [5, 5.41) is 12.1. The second kappa shape index (κ2) is 7.45. The molecule has 0 saturated carbocycles. The molecule has 5 aliphatic heterocycles. The lowest BCUT2D eigenvalue weighted by molar-refractivity contribution is -0.220. The zero-order valence-electron chi connectivity index (χ0n) is 15.9. The second-order valence-corrected chi connectivity index (χ2v) is 8.57. The number of hydrogen-bond donors (Lipinski definition) is 2. The average Bonchev–Trinajstić information content (AvgIpc) is 2.63. The van der Waals surface area contributed by atoms with E-state index in [1.54, 1.807) is 6.92 Å². The van der Waals surface area contributed by atoms with Crippen LogP contribution in [-0.2, 0) is 4.79 Å². The van der Waals surface area contributed by atoms with E-state index >= 15 is 0 Å². The summed E-state index contributed by atoms with van der Waals surface area (Å²) in [6.45, 7) is 7.13. The molecule has 144 valence electrons. The summed E-state index contributed by atoms with van der Waals surface area (Å²) in [4.78, 5) is 17.0. The number of nitrogens with zero attached hydrogens (tertiary/aromatic N) is 2. The summed E-state index contributed by atoms with van der Waals surface area (Å²) < 4.78 is 0. The summed E-state index contributed by atoms with van der Waals surface area (Å²) in [5.74, 6) is 1.43. The van der Waals surface area contributed by atoms with Crippen molar-refractivity contribution in [3.63, 3.8) is 0 Å². The normalized spacial score (nSPS) is 44.3. The van der Waals surface area contributed by atoms with E-state index in [-0.39, 0.29) is 5.91 Å². The van der Waals surface area contributed by atoms with Crippen LogP contribution in [0.15, 0.2) is 24.4 Å². The van der Waals surface area contributed by atoms with Gasteiger partial charge in [0.1, 0.15) is 0 Å². The molecule has 5 saturated heterocycles. The van der Waals surface area contributed by atoms with E-state index in [4.69, 9.17) is 0 Å². The zero-order valence-corrected chi connectivity index (χ0v) is 15.9. The number of unbranched alkanes of at least 4 members (excludes halogenated alkanes) is 1. The van der Waals surface area contributed by atoms with Crippen LogP contribution in [-0.4, -0.2) is 58.3 Å². The standard InChI is InChI=1S/C21H33N3O2/c1-3-6-19-17-11-16-13-23(19)20-9-8-15(12-22-14(2)26)21(17)24(20)18(16)7-4-5-10-25/h3,12,16-21,25H,1,4-11,13H2,2H3,(H,22,26)/b15-12+. The van der Waals surface area contributed by atoms with E-state index in [9.17, 15) is 9.90 Å². The van der Waals surface area contributed by atoms with Gasteiger partial charge in [-0.1, -0.05) is 6.08 Å². The minimum atomic E-state index is 0.0179. The Balaban J connectivity index is 1.63. The van der Waals surface area contributed by atoms with Gasteiger partial charge in [0.2, 0.25) is 5.91 Å². The summed E-state index contributed by atoms with van der Waals surface area (Å²) in [7, 11) is 0. The molecule has 0 aromatic heterocycles. The minimum absolute atomic E-state index is 0.0179. The molecule has 6 bridgehead atoms. The van der Waals surface area contributed by atoms with Crippen LogP contribution < -0.4 is 5.32 Å². The molecule has 0 aromatic rings. The fourth-order valence-electron chi connectivity index (χ4n) is 6.35. The van der Waals surface area contributed by atoms with Gasteiger partial charge in [-0.2, -0.15) is 0 Å². The van der Waals surface area contributed by atoms with Gasteiger partial charge >= 0.3 is 0 Å². The van der Waals surface area contributed by atoms with Crippen LogP contribution >= 0.6 is 0 Å². The summed E-state index contributed by atoms with van der Waals surface area (Å²) >= 11 is 0. The van der Waals surface area contributed by atoms with Crippen molar-refractivity contribution in [1.29, 1.82) is 0 Å². The number of nitrogens with one attached hydrogen (secondary N) is 1.